The number of ether oxygens (including phenoxy) is 2. The molecule has 0 aromatic heterocycles. The minimum Gasteiger partial charge on any atom is -0.465 e. The molecule has 0 radical (unpaired) electrons. The summed E-state index contributed by atoms with van der Waals surface area (Å²) in [7, 11) is 1.04. The lowest BCUT2D eigenvalue weighted by molar-refractivity contribution is -0.0506. The summed E-state index contributed by atoms with van der Waals surface area (Å²) in [5, 5.41) is 8.70. The molecule has 0 atom stereocenters. The number of nitriles is 1. The van der Waals surface area contributed by atoms with E-state index in [0.29, 0.717) is 0 Å². The summed E-state index contributed by atoms with van der Waals surface area (Å²) in [5.41, 5.74) is -0.771. The maximum atomic E-state index is 12.2. The van der Waals surface area contributed by atoms with E-state index in [1.165, 1.54) is 0 Å². The van der Waals surface area contributed by atoms with Crippen LogP contribution >= 0.6 is 0 Å². The fourth-order valence-electron chi connectivity index (χ4n) is 1.29. The smallest absolute Gasteiger partial charge is 0.387 e. The van der Waals surface area contributed by atoms with Crippen LogP contribution in [0.2, 0.25) is 0 Å². The number of nitrogens with zero attached hydrogens (tertiary/aromatic N) is 1. The number of hydrogen-bond acceptors (Lipinski definition) is 5. The van der Waals surface area contributed by atoms with Gasteiger partial charge in [0.2, 0.25) is 0 Å². The van der Waals surface area contributed by atoms with Crippen LogP contribution in [0, 0.1) is 11.3 Å². The Bertz CT molecular complexity index is 523. The molecule has 0 heterocycles. The molecule has 0 N–H and O–H groups in total. The zero-order chi connectivity index (χ0) is 13.7. The Morgan fingerprint density at radius 2 is 2.17 bits per heavy atom. The third kappa shape index (κ3) is 2.79. The first-order valence-corrected chi connectivity index (χ1v) is 4.60. The second kappa shape index (κ2) is 5.72. The zero-order valence-corrected chi connectivity index (χ0v) is 9.15. The monoisotopic (exact) mass is 255 g/mol. The van der Waals surface area contributed by atoms with Crippen LogP contribution in [-0.4, -0.2) is 26.0 Å². The van der Waals surface area contributed by atoms with Gasteiger partial charge in [-0.05, 0) is 12.1 Å². The standard InChI is InChI=1S/C11H7F2NO4/c1-17-10(16)8-3-6(4-14)2-7(5-15)9(8)18-11(12)13/h2-3,5,11H,1H3. The highest BCUT2D eigenvalue weighted by atomic mass is 19.3. The zero-order valence-electron chi connectivity index (χ0n) is 9.15. The fourth-order valence-corrected chi connectivity index (χ4v) is 1.29. The van der Waals surface area contributed by atoms with Gasteiger partial charge >= 0.3 is 12.6 Å². The van der Waals surface area contributed by atoms with Gasteiger partial charge in [0.25, 0.3) is 0 Å². The molecule has 0 spiro atoms. The number of halogens is 2. The van der Waals surface area contributed by atoms with E-state index in [1.54, 1.807) is 6.07 Å². The van der Waals surface area contributed by atoms with Crippen LogP contribution in [0.4, 0.5) is 8.78 Å². The van der Waals surface area contributed by atoms with Crippen molar-refractivity contribution in [1.29, 1.82) is 5.26 Å². The van der Waals surface area contributed by atoms with Crippen molar-refractivity contribution in [2.75, 3.05) is 7.11 Å². The number of hydrogen-bond donors (Lipinski definition) is 0. The van der Waals surface area contributed by atoms with Crippen molar-refractivity contribution in [3.8, 4) is 11.8 Å². The molecule has 1 rings (SSSR count). The lowest BCUT2D eigenvalue weighted by atomic mass is 10.1. The Morgan fingerprint density at radius 1 is 1.50 bits per heavy atom. The van der Waals surface area contributed by atoms with E-state index in [-0.39, 0.29) is 17.4 Å². The molecular weight excluding hydrogens is 248 g/mol. The SMILES string of the molecule is COC(=O)c1cc(C#N)cc(C=O)c1OC(F)F. The maximum absolute atomic E-state index is 12.2. The van der Waals surface area contributed by atoms with E-state index >= 15 is 0 Å². The molecule has 0 saturated carbocycles. The van der Waals surface area contributed by atoms with Crippen molar-refractivity contribution in [3.05, 3.63) is 28.8 Å². The lowest BCUT2D eigenvalue weighted by Gasteiger charge is -2.11. The first-order valence-electron chi connectivity index (χ1n) is 4.60. The summed E-state index contributed by atoms with van der Waals surface area (Å²) in [6.45, 7) is -3.21. The minimum atomic E-state index is -3.21. The molecule has 18 heavy (non-hydrogen) atoms. The average Bonchev–Trinajstić information content (AvgIpc) is 2.37. The van der Waals surface area contributed by atoms with Gasteiger partial charge in [-0.2, -0.15) is 14.0 Å². The third-order valence-corrected chi connectivity index (χ3v) is 1.99. The number of esters is 1. The van der Waals surface area contributed by atoms with Gasteiger partial charge in [0.1, 0.15) is 5.56 Å². The summed E-state index contributed by atoms with van der Waals surface area (Å²) < 4.78 is 32.9. The molecule has 0 aliphatic rings. The van der Waals surface area contributed by atoms with E-state index in [0.717, 1.165) is 19.2 Å². The number of carbonyl (C=O) groups excluding carboxylic acids is 2. The Kier molecular flexibility index (Phi) is 4.32. The molecule has 5 nitrogen and oxygen atoms in total. The molecule has 0 aliphatic carbocycles. The van der Waals surface area contributed by atoms with E-state index in [9.17, 15) is 18.4 Å². The number of rotatable bonds is 4. The van der Waals surface area contributed by atoms with E-state index in [1.807, 2.05) is 0 Å². The van der Waals surface area contributed by atoms with Gasteiger partial charge in [0.05, 0.1) is 24.3 Å². The second-order valence-corrected chi connectivity index (χ2v) is 3.04. The van der Waals surface area contributed by atoms with Gasteiger partial charge < -0.3 is 9.47 Å². The van der Waals surface area contributed by atoms with Crippen LogP contribution < -0.4 is 4.74 Å². The molecule has 0 saturated heterocycles. The number of benzene rings is 1. The van der Waals surface area contributed by atoms with E-state index < -0.39 is 23.9 Å². The number of methoxy groups -OCH3 is 1. The normalized spacial score (nSPS) is 9.72. The van der Waals surface area contributed by atoms with Gasteiger partial charge in [0, 0.05) is 0 Å². The molecule has 0 fully saturated rings. The largest absolute Gasteiger partial charge is 0.465 e. The number of aldehydes is 1. The maximum Gasteiger partial charge on any atom is 0.387 e. The molecule has 0 aliphatic heterocycles. The topological polar surface area (TPSA) is 76.4 Å². The quantitative estimate of drug-likeness (QED) is 0.605. The second-order valence-electron chi connectivity index (χ2n) is 3.04. The molecule has 7 heteroatoms. The lowest BCUT2D eigenvalue weighted by Crippen LogP contribution is -2.12. The first kappa shape index (κ1) is 13.6. The van der Waals surface area contributed by atoms with Crippen LogP contribution in [0.25, 0.3) is 0 Å². The molecule has 0 amide bonds. The average molecular weight is 255 g/mol. The summed E-state index contributed by atoms with van der Waals surface area (Å²) in [5.74, 6) is -1.59. The van der Waals surface area contributed by atoms with Gasteiger partial charge in [0.15, 0.2) is 12.0 Å². The van der Waals surface area contributed by atoms with Gasteiger partial charge in [-0.1, -0.05) is 0 Å². The Labute approximate surface area is 101 Å². The van der Waals surface area contributed by atoms with Crippen molar-refractivity contribution in [1.82, 2.24) is 0 Å². The van der Waals surface area contributed by atoms with Crippen LogP contribution in [0.1, 0.15) is 26.3 Å². The van der Waals surface area contributed by atoms with Gasteiger partial charge in [-0.3, -0.25) is 4.79 Å². The van der Waals surface area contributed by atoms with E-state index in [2.05, 4.69) is 9.47 Å². The van der Waals surface area contributed by atoms with Crippen molar-refractivity contribution >= 4 is 12.3 Å². The van der Waals surface area contributed by atoms with Crippen molar-refractivity contribution < 1.29 is 27.8 Å². The third-order valence-electron chi connectivity index (χ3n) is 1.99. The highest BCUT2D eigenvalue weighted by Gasteiger charge is 2.21. The molecule has 0 unspecified atom stereocenters. The van der Waals surface area contributed by atoms with Crippen molar-refractivity contribution in [2.24, 2.45) is 0 Å². The van der Waals surface area contributed by atoms with Gasteiger partial charge in [-0.15, -0.1) is 0 Å². The van der Waals surface area contributed by atoms with Gasteiger partial charge in [-0.25, -0.2) is 4.79 Å². The van der Waals surface area contributed by atoms with Crippen molar-refractivity contribution in [2.45, 2.75) is 6.61 Å². The summed E-state index contributed by atoms with van der Waals surface area (Å²) >= 11 is 0. The predicted molar refractivity (Wildman–Crippen MR) is 54.5 cm³/mol. The molecule has 0 bridgehead atoms. The summed E-state index contributed by atoms with van der Waals surface area (Å²) in [4.78, 5) is 22.1. The predicted octanol–water partition coefficient (Wildman–Crippen LogP) is 1.76. The molecule has 94 valence electrons. The minimum absolute atomic E-state index is 0.0425. The van der Waals surface area contributed by atoms with Crippen LogP contribution in [0.5, 0.6) is 5.75 Å². The number of alkyl halides is 2. The van der Waals surface area contributed by atoms with Crippen LogP contribution in [0.15, 0.2) is 12.1 Å². The highest BCUT2D eigenvalue weighted by Crippen LogP contribution is 2.27. The van der Waals surface area contributed by atoms with E-state index in [4.69, 9.17) is 5.26 Å². The Hall–Kier alpha value is -2.49. The summed E-state index contributed by atoms with van der Waals surface area (Å²) in [6.07, 6.45) is 0.213. The molecular formula is C11H7F2NO4. The molecule has 1 aromatic rings. The summed E-state index contributed by atoms with van der Waals surface area (Å²) in [6, 6.07) is 3.74. The first-order chi connectivity index (χ1) is 8.53. The Balaban J connectivity index is 3.47. The van der Waals surface area contributed by atoms with Crippen LogP contribution in [0.3, 0.4) is 0 Å². The van der Waals surface area contributed by atoms with Crippen molar-refractivity contribution in [3.63, 3.8) is 0 Å². The Morgan fingerprint density at radius 3 is 2.61 bits per heavy atom. The highest BCUT2D eigenvalue weighted by molar-refractivity contribution is 5.97. The molecule has 1 aromatic carbocycles. The number of carbonyl (C=O) groups is 2. The van der Waals surface area contributed by atoms with Crippen LogP contribution in [-0.2, 0) is 4.74 Å². The fraction of sp³-hybridized carbons (Fsp3) is 0.182.